The van der Waals surface area contributed by atoms with Crippen LogP contribution in [0.4, 0.5) is 0 Å². The Kier molecular flexibility index (Phi) is 4.79. The highest BCUT2D eigenvalue weighted by atomic mass is 15.5. The van der Waals surface area contributed by atoms with Crippen LogP contribution in [0, 0.1) is 13.8 Å². The van der Waals surface area contributed by atoms with E-state index in [1.165, 1.54) is 22.3 Å². The molecule has 0 radical (unpaired) electrons. The maximum atomic E-state index is 5.05. The molecule has 0 saturated carbocycles. The molecule has 0 unspecified atom stereocenters. The molecule has 3 aromatic heterocycles. The van der Waals surface area contributed by atoms with Gasteiger partial charge in [0, 0.05) is 17.2 Å². The molecule has 5 aromatic rings. The summed E-state index contributed by atoms with van der Waals surface area (Å²) in [5, 5.41) is 14.7. The third kappa shape index (κ3) is 3.22. The van der Waals surface area contributed by atoms with Gasteiger partial charge in [-0.05, 0) is 65.8 Å². The Balaban J connectivity index is 1.47. The van der Waals surface area contributed by atoms with E-state index in [-0.39, 0.29) is 6.04 Å². The largest absolute Gasteiger partial charge is 0.305 e. The highest BCUT2D eigenvalue weighted by Crippen LogP contribution is 2.41. The zero-order chi connectivity index (χ0) is 23.4. The second-order valence-corrected chi connectivity index (χ2v) is 9.50. The number of aromatic amines is 1. The van der Waals surface area contributed by atoms with Crippen LogP contribution >= 0.6 is 0 Å². The van der Waals surface area contributed by atoms with Crippen molar-refractivity contribution in [2.75, 3.05) is 0 Å². The van der Waals surface area contributed by atoms with Gasteiger partial charge in [-0.3, -0.25) is 0 Å². The van der Waals surface area contributed by atoms with Crippen molar-refractivity contribution >= 4 is 11.2 Å². The van der Waals surface area contributed by atoms with Crippen LogP contribution in [0.2, 0.25) is 0 Å². The zero-order valence-corrected chi connectivity index (χ0v) is 19.9. The topological polar surface area (TPSA) is 85.2 Å². The molecule has 1 aliphatic carbocycles. The molecule has 1 N–H and O–H groups in total. The summed E-state index contributed by atoms with van der Waals surface area (Å²) in [5.41, 5.74) is 10.3. The van der Waals surface area contributed by atoms with Crippen molar-refractivity contribution in [2.45, 2.75) is 52.5 Å². The lowest BCUT2D eigenvalue weighted by Crippen LogP contribution is -2.13. The Labute approximate surface area is 198 Å². The quantitative estimate of drug-likeness (QED) is 0.389. The van der Waals surface area contributed by atoms with Crippen molar-refractivity contribution in [3.63, 3.8) is 0 Å². The van der Waals surface area contributed by atoms with Gasteiger partial charge in [-0.25, -0.2) is 9.97 Å². The molecule has 7 nitrogen and oxygen atoms in total. The van der Waals surface area contributed by atoms with Crippen LogP contribution in [0.5, 0.6) is 0 Å². The highest BCUT2D eigenvalue weighted by molar-refractivity contribution is 5.81. The van der Waals surface area contributed by atoms with Crippen molar-refractivity contribution < 1.29 is 0 Å². The molecule has 0 spiro atoms. The van der Waals surface area contributed by atoms with Crippen LogP contribution < -0.4 is 0 Å². The molecule has 2 aromatic carbocycles. The number of benzene rings is 2. The van der Waals surface area contributed by atoms with Crippen molar-refractivity contribution in [3.8, 4) is 22.5 Å². The summed E-state index contributed by atoms with van der Waals surface area (Å²) < 4.78 is 2.40. The lowest BCUT2D eigenvalue weighted by molar-refractivity contribution is 0.547. The van der Waals surface area contributed by atoms with Gasteiger partial charge in [0.1, 0.15) is 11.3 Å². The number of pyridine rings is 1. The SMILES string of the molecule is Cc1cc(C)c2nc(C(C)C)n([C@H]3CCc4cc(-c5ccccc5-c5nn[nH]n5)ccc43)c2n1. The second-order valence-electron chi connectivity index (χ2n) is 9.50. The first-order valence-corrected chi connectivity index (χ1v) is 11.8. The van der Waals surface area contributed by atoms with Crippen LogP contribution in [0.3, 0.4) is 0 Å². The first-order valence-electron chi connectivity index (χ1n) is 11.8. The Morgan fingerprint density at radius 3 is 2.59 bits per heavy atom. The molecule has 170 valence electrons. The normalized spacial score (nSPS) is 15.4. The number of nitrogens with one attached hydrogen (secondary N) is 1. The molecule has 0 bridgehead atoms. The van der Waals surface area contributed by atoms with Crippen molar-refractivity contribution in [1.82, 2.24) is 35.2 Å². The first-order chi connectivity index (χ1) is 16.5. The van der Waals surface area contributed by atoms with E-state index in [2.05, 4.69) is 89.3 Å². The minimum absolute atomic E-state index is 0.243. The van der Waals surface area contributed by atoms with Crippen LogP contribution in [0.25, 0.3) is 33.7 Å². The van der Waals surface area contributed by atoms with Gasteiger partial charge in [-0.1, -0.05) is 56.3 Å². The summed E-state index contributed by atoms with van der Waals surface area (Å²) in [5.74, 6) is 2.04. The fourth-order valence-corrected chi connectivity index (χ4v) is 5.34. The van der Waals surface area contributed by atoms with E-state index >= 15 is 0 Å². The third-order valence-electron chi connectivity index (χ3n) is 6.84. The van der Waals surface area contributed by atoms with Gasteiger partial charge in [0.05, 0.1) is 6.04 Å². The van der Waals surface area contributed by atoms with Crippen molar-refractivity contribution in [2.24, 2.45) is 0 Å². The summed E-state index contributed by atoms with van der Waals surface area (Å²) in [6, 6.07) is 17.4. The second kappa shape index (κ2) is 7.87. The Hall–Kier alpha value is -3.87. The van der Waals surface area contributed by atoms with Gasteiger partial charge in [0.2, 0.25) is 5.82 Å². The van der Waals surface area contributed by atoms with E-state index < -0.39 is 0 Å². The summed E-state index contributed by atoms with van der Waals surface area (Å²) in [6.45, 7) is 8.63. The number of hydrogen-bond donors (Lipinski definition) is 1. The van der Waals surface area contributed by atoms with Crippen molar-refractivity contribution in [3.05, 3.63) is 76.7 Å². The molecule has 34 heavy (non-hydrogen) atoms. The molecule has 0 aliphatic heterocycles. The van der Waals surface area contributed by atoms with Crippen LogP contribution in [0.1, 0.15) is 60.4 Å². The van der Waals surface area contributed by atoms with E-state index in [0.717, 1.165) is 46.7 Å². The number of aryl methyl sites for hydroxylation is 3. The number of aromatic nitrogens is 7. The van der Waals surface area contributed by atoms with E-state index in [1.807, 2.05) is 12.1 Å². The predicted octanol–water partition coefficient (Wildman–Crippen LogP) is 5.55. The molecule has 6 rings (SSSR count). The van der Waals surface area contributed by atoms with Crippen LogP contribution in [-0.2, 0) is 6.42 Å². The fraction of sp³-hybridized carbons (Fsp3) is 0.296. The summed E-state index contributed by atoms with van der Waals surface area (Å²) in [6.07, 6.45) is 2.07. The first kappa shape index (κ1) is 20.7. The van der Waals surface area contributed by atoms with Gasteiger partial charge >= 0.3 is 0 Å². The molecule has 1 aliphatic rings. The maximum Gasteiger partial charge on any atom is 0.205 e. The molecule has 0 amide bonds. The molecule has 0 saturated heterocycles. The molecule has 1 atom stereocenters. The number of rotatable bonds is 4. The number of tetrazole rings is 1. The number of fused-ring (bicyclic) bond motifs is 2. The Morgan fingerprint density at radius 1 is 1.00 bits per heavy atom. The molecule has 3 heterocycles. The number of imidazole rings is 1. The summed E-state index contributed by atoms with van der Waals surface area (Å²) in [4.78, 5) is 9.99. The molecular formula is C27H27N7. The summed E-state index contributed by atoms with van der Waals surface area (Å²) in [7, 11) is 0. The van der Waals surface area contributed by atoms with Gasteiger partial charge in [-0.2, -0.15) is 5.21 Å². The molecule has 0 fully saturated rings. The highest BCUT2D eigenvalue weighted by Gasteiger charge is 2.30. The standard InChI is InChI=1S/C27H27N7/c1-15(2)26-29-24-16(3)13-17(4)28-27(24)34(26)23-12-10-19-14-18(9-11-21(19)23)20-7-5-6-8-22(20)25-30-32-33-31-25/h5-9,11,13-15,23H,10,12H2,1-4H3,(H,30,31,32,33)/t23-/m0/s1. The van der Waals surface area contributed by atoms with E-state index in [4.69, 9.17) is 9.97 Å². The van der Waals surface area contributed by atoms with Gasteiger partial charge in [-0.15, -0.1) is 10.2 Å². The average Bonchev–Trinajstić information content (AvgIpc) is 3.57. The van der Waals surface area contributed by atoms with Gasteiger partial charge in [0.25, 0.3) is 0 Å². The Bertz CT molecular complexity index is 1510. The van der Waals surface area contributed by atoms with Crippen molar-refractivity contribution in [1.29, 1.82) is 0 Å². The monoisotopic (exact) mass is 449 g/mol. The minimum Gasteiger partial charge on any atom is -0.305 e. The Morgan fingerprint density at radius 2 is 1.82 bits per heavy atom. The van der Waals surface area contributed by atoms with E-state index in [0.29, 0.717) is 11.7 Å². The van der Waals surface area contributed by atoms with Crippen LogP contribution in [0.15, 0.2) is 48.5 Å². The van der Waals surface area contributed by atoms with Gasteiger partial charge < -0.3 is 4.57 Å². The average molecular weight is 450 g/mol. The molecular weight excluding hydrogens is 422 g/mol. The van der Waals surface area contributed by atoms with E-state index in [1.54, 1.807) is 0 Å². The number of nitrogens with zero attached hydrogens (tertiary/aromatic N) is 6. The number of H-pyrrole nitrogens is 1. The smallest absolute Gasteiger partial charge is 0.205 e. The predicted molar refractivity (Wildman–Crippen MR) is 133 cm³/mol. The van der Waals surface area contributed by atoms with Crippen LogP contribution in [-0.4, -0.2) is 35.2 Å². The third-order valence-corrected chi connectivity index (χ3v) is 6.84. The fourth-order valence-electron chi connectivity index (χ4n) is 5.34. The maximum absolute atomic E-state index is 5.05. The van der Waals surface area contributed by atoms with E-state index in [9.17, 15) is 0 Å². The number of hydrogen-bond acceptors (Lipinski definition) is 5. The van der Waals surface area contributed by atoms with Gasteiger partial charge in [0.15, 0.2) is 5.65 Å². The zero-order valence-electron chi connectivity index (χ0n) is 19.9. The minimum atomic E-state index is 0.243. The summed E-state index contributed by atoms with van der Waals surface area (Å²) >= 11 is 0. The lowest BCUT2D eigenvalue weighted by atomic mass is 9.95. The lowest BCUT2D eigenvalue weighted by Gasteiger charge is -2.20. The molecule has 7 heteroatoms.